The van der Waals surface area contributed by atoms with Gasteiger partial charge in [0.25, 0.3) is 0 Å². The zero-order valence-corrected chi connectivity index (χ0v) is 19.4. The second kappa shape index (κ2) is 11.0. The summed E-state index contributed by atoms with van der Waals surface area (Å²) in [4.78, 5) is 37.8. The van der Waals surface area contributed by atoms with Gasteiger partial charge in [-0.25, -0.2) is 4.79 Å². The number of carbonyl (C=O) groups excluding carboxylic acids is 2. The summed E-state index contributed by atoms with van der Waals surface area (Å²) < 4.78 is 5.56. The van der Waals surface area contributed by atoms with Crippen LogP contribution in [0.2, 0.25) is 0 Å². The number of carboxylic acid groups (broad SMARTS) is 1. The summed E-state index contributed by atoms with van der Waals surface area (Å²) in [6.07, 6.45) is -0.0433. The van der Waals surface area contributed by atoms with Crippen molar-refractivity contribution in [2.45, 2.75) is 33.1 Å². The van der Waals surface area contributed by atoms with E-state index >= 15 is 0 Å². The van der Waals surface area contributed by atoms with Crippen molar-refractivity contribution >= 4 is 18.0 Å². The number of carboxylic acids is 1. The number of amides is 2. The van der Waals surface area contributed by atoms with Crippen molar-refractivity contribution in [3.05, 3.63) is 59.7 Å². The van der Waals surface area contributed by atoms with Crippen LogP contribution in [0.5, 0.6) is 0 Å². The van der Waals surface area contributed by atoms with Crippen LogP contribution in [0.4, 0.5) is 4.79 Å². The monoisotopic (exact) mass is 452 g/mol. The number of nitrogens with one attached hydrogen (secondary N) is 1. The minimum atomic E-state index is -1.06. The largest absolute Gasteiger partial charge is 0.480 e. The van der Waals surface area contributed by atoms with Crippen LogP contribution < -0.4 is 5.32 Å². The third-order valence-electron chi connectivity index (χ3n) is 5.96. The summed E-state index contributed by atoms with van der Waals surface area (Å²) in [5, 5.41) is 11.8. The Hall–Kier alpha value is -3.35. The summed E-state index contributed by atoms with van der Waals surface area (Å²) in [6.45, 7) is 5.96. The van der Waals surface area contributed by atoms with Crippen molar-refractivity contribution < 1.29 is 24.2 Å². The SMILES string of the molecule is CCN(CC(=O)O)C(=O)C(CNC(=O)OCC1c2ccccc2-c2ccccc21)CC(C)C. The summed E-state index contributed by atoms with van der Waals surface area (Å²) in [7, 11) is 0. The normalized spacial score (nSPS) is 13.2. The molecular weight excluding hydrogens is 420 g/mol. The fraction of sp³-hybridized carbons (Fsp3) is 0.423. The van der Waals surface area contributed by atoms with E-state index in [2.05, 4.69) is 29.6 Å². The zero-order valence-electron chi connectivity index (χ0n) is 19.4. The van der Waals surface area contributed by atoms with Crippen LogP contribution in [0, 0.1) is 11.8 Å². The first-order valence-corrected chi connectivity index (χ1v) is 11.4. The van der Waals surface area contributed by atoms with E-state index in [9.17, 15) is 14.4 Å². The molecule has 7 nitrogen and oxygen atoms in total. The van der Waals surface area contributed by atoms with Gasteiger partial charge in [0.05, 0.1) is 5.92 Å². The number of nitrogens with zero attached hydrogens (tertiary/aromatic N) is 1. The van der Waals surface area contributed by atoms with Crippen LogP contribution in [0.1, 0.15) is 44.2 Å². The van der Waals surface area contributed by atoms with Crippen molar-refractivity contribution in [2.75, 3.05) is 26.2 Å². The molecule has 0 aromatic heterocycles. The van der Waals surface area contributed by atoms with Gasteiger partial charge in [-0.2, -0.15) is 0 Å². The van der Waals surface area contributed by atoms with Crippen LogP contribution in [-0.2, 0) is 14.3 Å². The summed E-state index contributed by atoms with van der Waals surface area (Å²) >= 11 is 0. The molecule has 1 unspecified atom stereocenters. The molecule has 0 saturated heterocycles. The number of aliphatic carboxylic acids is 1. The highest BCUT2D eigenvalue weighted by atomic mass is 16.5. The van der Waals surface area contributed by atoms with Gasteiger partial charge in [-0.1, -0.05) is 62.4 Å². The van der Waals surface area contributed by atoms with Gasteiger partial charge < -0.3 is 20.1 Å². The molecule has 7 heteroatoms. The van der Waals surface area contributed by atoms with Gasteiger partial charge in [0, 0.05) is 19.0 Å². The lowest BCUT2D eigenvalue weighted by Crippen LogP contribution is -2.44. The van der Waals surface area contributed by atoms with E-state index in [1.165, 1.54) is 4.90 Å². The molecule has 0 fully saturated rings. The molecular formula is C26H32N2O5. The Morgan fingerprint density at radius 3 is 2.12 bits per heavy atom. The van der Waals surface area contributed by atoms with Crippen LogP contribution in [0.15, 0.2) is 48.5 Å². The summed E-state index contributed by atoms with van der Waals surface area (Å²) in [5.74, 6) is -1.66. The lowest BCUT2D eigenvalue weighted by atomic mass is 9.95. The molecule has 2 aromatic carbocycles. The molecule has 3 rings (SSSR count). The van der Waals surface area contributed by atoms with Crippen molar-refractivity contribution in [1.29, 1.82) is 0 Å². The van der Waals surface area contributed by atoms with Crippen molar-refractivity contribution in [2.24, 2.45) is 11.8 Å². The van der Waals surface area contributed by atoms with Gasteiger partial charge >= 0.3 is 12.1 Å². The molecule has 1 aliphatic rings. The van der Waals surface area contributed by atoms with E-state index in [-0.39, 0.29) is 37.4 Å². The maximum absolute atomic E-state index is 12.9. The van der Waals surface area contributed by atoms with Crippen molar-refractivity contribution in [3.8, 4) is 11.1 Å². The maximum atomic E-state index is 12.9. The molecule has 1 aliphatic carbocycles. The first kappa shape index (κ1) is 24.3. The van der Waals surface area contributed by atoms with Crippen LogP contribution >= 0.6 is 0 Å². The zero-order chi connectivity index (χ0) is 24.0. The fourth-order valence-corrected chi connectivity index (χ4v) is 4.46. The molecule has 2 aromatic rings. The van der Waals surface area contributed by atoms with Gasteiger partial charge in [-0.15, -0.1) is 0 Å². The molecule has 2 amide bonds. The first-order valence-electron chi connectivity index (χ1n) is 11.4. The Kier molecular flexibility index (Phi) is 8.09. The standard InChI is InChI=1S/C26H32N2O5/c1-4-28(15-24(29)30)25(31)18(13-17(2)3)14-27-26(32)33-16-23-21-11-7-5-9-19(21)20-10-6-8-12-22(20)23/h5-12,17-18,23H,4,13-16H2,1-3H3,(H,27,32)(H,29,30). The van der Waals surface area contributed by atoms with Crippen LogP contribution in [-0.4, -0.2) is 54.2 Å². The number of alkyl carbamates (subject to hydrolysis) is 1. The minimum Gasteiger partial charge on any atom is -0.480 e. The molecule has 176 valence electrons. The van der Waals surface area contributed by atoms with Gasteiger partial charge in [-0.05, 0) is 41.5 Å². The third kappa shape index (κ3) is 5.92. The fourth-order valence-electron chi connectivity index (χ4n) is 4.46. The molecule has 0 heterocycles. The Morgan fingerprint density at radius 1 is 1.03 bits per heavy atom. The molecule has 0 radical (unpaired) electrons. The lowest BCUT2D eigenvalue weighted by molar-refractivity contribution is -0.146. The Morgan fingerprint density at radius 2 is 1.61 bits per heavy atom. The van der Waals surface area contributed by atoms with Crippen LogP contribution in [0.3, 0.4) is 0 Å². The average molecular weight is 453 g/mol. The van der Waals surface area contributed by atoms with E-state index in [1.807, 2.05) is 38.1 Å². The Bertz CT molecular complexity index is 958. The molecule has 0 bridgehead atoms. The predicted octanol–water partition coefficient (Wildman–Crippen LogP) is 4.12. The molecule has 0 aliphatic heterocycles. The van der Waals surface area contributed by atoms with E-state index < -0.39 is 18.0 Å². The highest BCUT2D eigenvalue weighted by Crippen LogP contribution is 2.44. The average Bonchev–Trinajstić information content (AvgIpc) is 3.11. The maximum Gasteiger partial charge on any atom is 0.407 e. The van der Waals surface area contributed by atoms with E-state index in [0.717, 1.165) is 22.3 Å². The molecule has 0 spiro atoms. The highest BCUT2D eigenvalue weighted by Gasteiger charge is 2.30. The van der Waals surface area contributed by atoms with Crippen LogP contribution in [0.25, 0.3) is 11.1 Å². The topological polar surface area (TPSA) is 95.9 Å². The summed E-state index contributed by atoms with van der Waals surface area (Å²) in [6, 6.07) is 16.2. The van der Waals surface area contributed by atoms with Gasteiger partial charge in [0.2, 0.25) is 5.91 Å². The van der Waals surface area contributed by atoms with Gasteiger partial charge in [0.15, 0.2) is 0 Å². The minimum absolute atomic E-state index is 0.0395. The number of benzene rings is 2. The number of hydrogen-bond acceptors (Lipinski definition) is 4. The molecule has 0 saturated carbocycles. The second-order valence-electron chi connectivity index (χ2n) is 8.78. The number of fused-ring (bicyclic) bond motifs is 3. The third-order valence-corrected chi connectivity index (χ3v) is 5.96. The van der Waals surface area contributed by atoms with Crippen molar-refractivity contribution in [1.82, 2.24) is 10.2 Å². The quantitative estimate of drug-likeness (QED) is 0.565. The number of ether oxygens (including phenoxy) is 1. The number of likely N-dealkylation sites (N-methyl/N-ethyl adjacent to an activating group) is 1. The van der Waals surface area contributed by atoms with E-state index in [4.69, 9.17) is 9.84 Å². The second-order valence-corrected chi connectivity index (χ2v) is 8.78. The smallest absolute Gasteiger partial charge is 0.407 e. The number of hydrogen-bond donors (Lipinski definition) is 2. The molecule has 2 N–H and O–H groups in total. The molecule has 33 heavy (non-hydrogen) atoms. The number of rotatable bonds is 10. The Balaban J connectivity index is 1.61. The highest BCUT2D eigenvalue weighted by molar-refractivity contribution is 5.84. The van der Waals surface area contributed by atoms with Crippen molar-refractivity contribution in [3.63, 3.8) is 0 Å². The summed E-state index contributed by atoms with van der Waals surface area (Å²) in [5.41, 5.74) is 4.57. The number of carbonyl (C=O) groups is 3. The predicted molar refractivity (Wildman–Crippen MR) is 126 cm³/mol. The molecule has 1 atom stereocenters. The van der Waals surface area contributed by atoms with E-state index in [0.29, 0.717) is 13.0 Å². The van der Waals surface area contributed by atoms with Gasteiger partial charge in [-0.3, -0.25) is 9.59 Å². The Labute approximate surface area is 194 Å². The first-order chi connectivity index (χ1) is 15.8. The lowest BCUT2D eigenvalue weighted by Gasteiger charge is -2.26. The van der Waals surface area contributed by atoms with Gasteiger partial charge in [0.1, 0.15) is 13.2 Å². The van der Waals surface area contributed by atoms with E-state index in [1.54, 1.807) is 6.92 Å².